The zero-order chi connectivity index (χ0) is 24.1. The summed E-state index contributed by atoms with van der Waals surface area (Å²) in [5.74, 6) is 1.09. The molecule has 0 spiro atoms. The normalized spacial score (nSPS) is 12.1. The highest BCUT2D eigenvalue weighted by Crippen LogP contribution is 2.27. The number of Topliss-reactive ketones (excluding diaryl/α,β-unsaturated/α-hetero) is 1. The Kier molecular flexibility index (Phi) is 7.59. The molecule has 176 valence electrons. The number of aryl methyl sites for hydroxylation is 1. The molecule has 0 amide bonds. The van der Waals surface area contributed by atoms with Gasteiger partial charge >= 0.3 is 0 Å². The molecule has 0 aliphatic rings. The van der Waals surface area contributed by atoms with E-state index in [2.05, 4.69) is 38.8 Å². The fraction of sp³-hybridized carbons (Fsp3) is 0.308. The van der Waals surface area contributed by atoms with Gasteiger partial charge in [0.05, 0.1) is 24.9 Å². The highest BCUT2D eigenvalue weighted by atomic mass is 32.2. The molecule has 0 aliphatic carbocycles. The second-order valence-electron chi connectivity index (χ2n) is 8.29. The van der Waals surface area contributed by atoms with Gasteiger partial charge in [0.1, 0.15) is 0 Å². The molecule has 0 fully saturated rings. The minimum atomic E-state index is 0.0751. The average Bonchev–Trinajstić information content (AvgIpc) is 3.38. The van der Waals surface area contributed by atoms with Crippen LogP contribution in [0.1, 0.15) is 40.3 Å². The second-order valence-corrected chi connectivity index (χ2v) is 9.23. The first-order valence-electron chi connectivity index (χ1n) is 11.2. The van der Waals surface area contributed by atoms with E-state index < -0.39 is 0 Å². The number of thioether (sulfide) groups is 1. The quantitative estimate of drug-likeness (QED) is 0.238. The number of hydrogen-bond acceptors (Lipinski definition) is 6. The van der Waals surface area contributed by atoms with Crippen LogP contribution in [0.2, 0.25) is 0 Å². The minimum absolute atomic E-state index is 0.0751. The number of ketones is 1. The van der Waals surface area contributed by atoms with E-state index in [-0.39, 0.29) is 17.6 Å². The molecule has 3 aromatic heterocycles. The van der Waals surface area contributed by atoms with Gasteiger partial charge in [0.25, 0.3) is 0 Å². The molecule has 4 rings (SSSR count). The predicted molar refractivity (Wildman–Crippen MR) is 134 cm³/mol. The molecule has 3 heterocycles. The fourth-order valence-electron chi connectivity index (χ4n) is 4.27. The monoisotopic (exact) mass is 475 g/mol. The van der Waals surface area contributed by atoms with E-state index >= 15 is 0 Å². The van der Waals surface area contributed by atoms with E-state index in [1.807, 2.05) is 54.8 Å². The molecule has 0 unspecified atom stereocenters. The molecule has 0 saturated carbocycles. The minimum Gasteiger partial charge on any atom is -0.383 e. The van der Waals surface area contributed by atoms with Gasteiger partial charge in [-0.15, -0.1) is 10.2 Å². The first kappa shape index (κ1) is 23.9. The maximum atomic E-state index is 13.2. The molecule has 4 aromatic rings. The highest BCUT2D eigenvalue weighted by molar-refractivity contribution is 7.99. The standard InChI is InChI=1S/C26H29N5O2S/c1-18-13-23(20(3)31(18)19(2)16-33-4)24(32)17-34-26-29-28-25(22-11-8-12-27-14-22)30(26)15-21-9-6-5-7-10-21/h5-14,19H,15-17H2,1-4H3/t19-/m1/s1. The number of carbonyl (C=O) groups excluding carboxylic acids is 1. The Morgan fingerprint density at radius 1 is 1.12 bits per heavy atom. The SMILES string of the molecule is COC[C@@H](C)n1c(C)cc(C(=O)CSc2nnc(-c3cccnc3)n2Cc2ccccc2)c1C. The lowest BCUT2D eigenvalue weighted by molar-refractivity contribution is 0.102. The maximum Gasteiger partial charge on any atom is 0.192 e. The molecule has 0 N–H and O–H groups in total. The lowest BCUT2D eigenvalue weighted by Crippen LogP contribution is -2.15. The summed E-state index contributed by atoms with van der Waals surface area (Å²) in [4.78, 5) is 17.4. The van der Waals surface area contributed by atoms with Crippen molar-refractivity contribution < 1.29 is 9.53 Å². The summed E-state index contributed by atoms with van der Waals surface area (Å²) in [7, 11) is 1.69. The van der Waals surface area contributed by atoms with Crippen molar-refractivity contribution in [2.24, 2.45) is 0 Å². The van der Waals surface area contributed by atoms with Crippen molar-refractivity contribution in [3.05, 3.63) is 83.4 Å². The number of ether oxygens (including phenoxy) is 1. The smallest absolute Gasteiger partial charge is 0.192 e. The second kappa shape index (κ2) is 10.8. The molecule has 7 nitrogen and oxygen atoms in total. The van der Waals surface area contributed by atoms with Crippen LogP contribution in [-0.4, -0.2) is 49.6 Å². The van der Waals surface area contributed by atoms with Gasteiger partial charge in [-0.2, -0.15) is 0 Å². The van der Waals surface area contributed by atoms with Gasteiger partial charge in [0.15, 0.2) is 16.8 Å². The van der Waals surface area contributed by atoms with Crippen molar-refractivity contribution in [2.45, 2.75) is 38.5 Å². The molecule has 1 aromatic carbocycles. The third kappa shape index (κ3) is 5.13. The molecule has 8 heteroatoms. The van der Waals surface area contributed by atoms with Gasteiger partial charge in [0, 0.05) is 42.0 Å². The van der Waals surface area contributed by atoms with Gasteiger partial charge in [-0.1, -0.05) is 42.1 Å². The number of carbonyl (C=O) groups is 1. The van der Waals surface area contributed by atoms with E-state index in [0.717, 1.165) is 33.9 Å². The van der Waals surface area contributed by atoms with Crippen LogP contribution in [0.25, 0.3) is 11.4 Å². The molecular formula is C26H29N5O2S. The summed E-state index contributed by atoms with van der Waals surface area (Å²) >= 11 is 1.41. The maximum absolute atomic E-state index is 13.2. The van der Waals surface area contributed by atoms with Crippen LogP contribution >= 0.6 is 11.8 Å². The van der Waals surface area contributed by atoms with Gasteiger partial charge < -0.3 is 9.30 Å². The number of methoxy groups -OCH3 is 1. The van der Waals surface area contributed by atoms with Crippen molar-refractivity contribution in [1.82, 2.24) is 24.3 Å². The van der Waals surface area contributed by atoms with Crippen molar-refractivity contribution >= 4 is 17.5 Å². The zero-order valence-corrected chi connectivity index (χ0v) is 20.7. The lowest BCUT2D eigenvalue weighted by atomic mass is 10.2. The summed E-state index contributed by atoms with van der Waals surface area (Å²) < 4.78 is 9.53. The molecule has 0 bridgehead atoms. The van der Waals surface area contributed by atoms with Crippen LogP contribution in [0.3, 0.4) is 0 Å². The number of aromatic nitrogens is 5. The van der Waals surface area contributed by atoms with Crippen molar-refractivity contribution in [3.63, 3.8) is 0 Å². The van der Waals surface area contributed by atoms with Crippen molar-refractivity contribution in [1.29, 1.82) is 0 Å². The van der Waals surface area contributed by atoms with E-state index in [9.17, 15) is 4.79 Å². The summed E-state index contributed by atoms with van der Waals surface area (Å²) in [5.41, 5.74) is 4.79. The Balaban J connectivity index is 1.58. The van der Waals surface area contributed by atoms with Crippen molar-refractivity contribution in [3.8, 4) is 11.4 Å². The fourth-order valence-corrected chi connectivity index (χ4v) is 5.09. The van der Waals surface area contributed by atoms with Gasteiger partial charge in [-0.3, -0.25) is 14.3 Å². The number of benzene rings is 1. The molecule has 34 heavy (non-hydrogen) atoms. The molecule has 1 atom stereocenters. The summed E-state index contributed by atoms with van der Waals surface area (Å²) in [6.07, 6.45) is 3.51. The van der Waals surface area contributed by atoms with Crippen LogP contribution in [0, 0.1) is 13.8 Å². The predicted octanol–water partition coefficient (Wildman–Crippen LogP) is 4.99. The Bertz CT molecular complexity index is 1250. The van der Waals surface area contributed by atoms with E-state index in [4.69, 9.17) is 4.74 Å². The average molecular weight is 476 g/mol. The van der Waals surface area contributed by atoms with Crippen LogP contribution < -0.4 is 0 Å². The number of rotatable bonds is 10. The zero-order valence-electron chi connectivity index (χ0n) is 19.9. The molecule has 0 radical (unpaired) electrons. The third-order valence-electron chi connectivity index (χ3n) is 5.79. The van der Waals surface area contributed by atoms with Gasteiger partial charge in [-0.25, -0.2) is 0 Å². The molecule has 0 aliphatic heterocycles. The Labute approximate surface area is 204 Å². The highest BCUT2D eigenvalue weighted by Gasteiger charge is 2.21. The third-order valence-corrected chi connectivity index (χ3v) is 6.75. The largest absolute Gasteiger partial charge is 0.383 e. The number of nitrogens with zero attached hydrogens (tertiary/aromatic N) is 5. The van der Waals surface area contributed by atoms with Gasteiger partial charge in [-0.05, 0) is 44.5 Å². The first-order chi connectivity index (χ1) is 16.5. The summed E-state index contributed by atoms with van der Waals surface area (Å²) in [5, 5.41) is 9.57. The van der Waals surface area contributed by atoms with Crippen LogP contribution in [0.15, 0.2) is 66.1 Å². The first-order valence-corrected chi connectivity index (χ1v) is 12.2. The van der Waals surface area contributed by atoms with Crippen LogP contribution in [-0.2, 0) is 11.3 Å². The Morgan fingerprint density at radius 2 is 1.91 bits per heavy atom. The van der Waals surface area contributed by atoms with Gasteiger partial charge in [0.2, 0.25) is 0 Å². The van der Waals surface area contributed by atoms with Crippen LogP contribution in [0.4, 0.5) is 0 Å². The Hall–Kier alpha value is -3.23. The number of pyridine rings is 1. The Morgan fingerprint density at radius 3 is 2.62 bits per heavy atom. The lowest BCUT2D eigenvalue weighted by Gasteiger charge is -2.17. The van der Waals surface area contributed by atoms with E-state index in [1.54, 1.807) is 19.5 Å². The van der Waals surface area contributed by atoms with Crippen LogP contribution in [0.5, 0.6) is 0 Å². The van der Waals surface area contributed by atoms with Crippen molar-refractivity contribution in [2.75, 3.05) is 19.5 Å². The van der Waals surface area contributed by atoms with E-state index in [0.29, 0.717) is 18.3 Å². The van der Waals surface area contributed by atoms with E-state index in [1.165, 1.54) is 11.8 Å². The topological polar surface area (TPSA) is 74.8 Å². The molecular weight excluding hydrogens is 446 g/mol. The summed E-state index contributed by atoms with van der Waals surface area (Å²) in [6.45, 7) is 7.32. The summed E-state index contributed by atoms with van der Waals surface area (Å²) in [6, 6.07) is 16.2. The number of hydrogen-bond donors (Lipinski definition) is 0. The molecule has 0 saturated heterocycles.